The second-order valence-electron chi connectivity index (χ2n) is 7.18. The van der Waals surface area contributed by atoms with Gasteiger partial charge in [-0.2, -0.15) is 13.2 Å². The molecule has 3 aromatic heterocycles. The van der Waals surface area contributed by atoms with Crippen molar-refractivity contribution < 1.29 is 18.0 Å². The number of nitrogens with zero attached hydrogens (tertiary/aromatic N) is 5. The Labute approximate surface area is 179 Å². The van der Waals surface area contributed by atoms with Crippen LogP contribution in [0.1, 0.15) is 25.3 Å². The smallest absolute Gasteiger partial charge is 0.383 e. The fourth-order valence-corrected chi connectivity index (χ4v) is 4.38. The minimum Gasteiger partial charge on any atom is -0.383 e. The van der Waals surface area contributed by atoms with E-state index in [4.69, 9.17) is 5.73 Å². The minimum atomic E-state index is -4.59. The molecular formula is C18H21F3N8OS. The van der Waals surface area contributed by atoms with Crippen molar-refractivity contribution >= 4 is 33.3 Å². The van der Waals surface area contributed by atoms with E-state index in [9.17, 15) is 18.0 Å². The van der Waals surface area contributed by atoms with Crippen LogP contribution in [0.15, 0.2) is 18.5 Å². The van der Waals surface area contributed by atoms with E-state index >= 15 is 0 Å². The third-order valence-electron chi connectivity index (χ3n) is 4.92. The summed E-state index contributed by atoms with van der Waals surface area (Å²) >= 11 is 1.33. The van der Waals surface area contributed by atoms with Crippen molar-refractivity contribution in [2.75, 3.05) is 30.3 Å². The molecule has 4 N–H and O–H groups in total. The molecule has 3 aromatic rings. The summed E-state index contributed by atoms with van der Waals surface area (Å²) < 4.78 is 40.9. The molecule has 1 aliphatic heterocycles. The molecule has 9 nitrogen and oxygen atoms in total. The van der Waals surface area contributed by atoms with Crippen molar-refractivity contribution in [2.45, 2.75) is 32.0 Å². The lowest BCUT2D eigenvalue weighted by Crippen LogP contribution is -2.50. The first-order chi connectivity index (χ1) is 14.7. The molecule has 0 radical (unpaired) electrons. The Morgan fingerprint density at radius 2 is 2.23 bits per heavy atom. The van der Waals surface area contributed by atoms with E-state index in [1.807, 2.05) is 6.92 Å². The Kier molecular flexibility index (Phi) is 5.60. The van der Waals surface area contributed by atoms with Gasteiger partial charge >= 0.3 is 12.2 Å². The molecule has 1 unspecified atom stereocenters. The number of fused-ring (bicyclic) bond motifs is 1. The maximum atomic E-state index is 13.1. The number of imidazole rings is 1. The maximum absolute atomic E-state index is 13.1. The first-order valence-corrected chi connectivity index (χ1v) is 10.5. The van der Waals surface area contributed by atoms with Crippen molar-refractivity contribution in [1.29, 1.82) is 0 Å². The maximum Gasteiger partial charge on any atom is 0.419 e. The van der Waals surface area contributed by atoms with Gasteiger partial charge in [-0.25, -0.2) is 19.3 Å². The fourth-order valence-electron chi connectivity index (χ4n) is 3.46. The van der Waals surface area contributed by atoms with Crippen LogP contribution in [0.3, 0.4) is 0 Å². The number of carbonyl (C=O) groups excluding carboxylic acids is 1. The summed E-state index contributed by atoms with van der Waals surface area (Å²) in [6.07, 6.45) is 0.0211. The lowest BCUT2D eigenvalue weighted by Gasteiger charge is -2.32. The van der Waals surface area contributed by atoms with Gasteiger partial charge in [-0.05, 0) is 25.8 Å². The zero-order valence-electron chi connectivity index (χ0n) is 16.6. The van der Waals surface area contributed by atoms with Gasteiger partial charge in [0.15, 0.2) is 0 Å². The standard InChI is InChI=1S/C18H21F3N8OS/c1-2-23-15(30)25-11-4-3-5-28(8-11)17-27-29-9-13(26-16(29)31-17)10-6-12(18(19,20)21)14(22)24-7-10/h6-7,9,11H,2-5,8H2,1H3,(H2,22,24)(H2,23,25,30). The molecule has 1 atom stereocenters. The van der Waals surface area contributed by atoms with Crippen LogP contribution in [0, 0.1) is 0 Å². The van der Waals surface area contributed by atoms with Gasteiger partial charge in [0.25, 0.3) is 0 Å². The molecule has 0 spiro atoms. The number of urea groups is 1. The number of alkyl halides is 3. The van der Waals surface area contributed by atoms with Gasteiger partial charge in [0.2, 0.25) is 10.1 Å². The highest BCUT2D eigenvalue weighted by atomic mass is 32.1. The largest absolute Gasteiger partial charge is 0.419 e. The minimum absolute atomic E-state index is 0.00808. The lowest BCUT2D eigenvalue weighted by molar-refractivity contribution is -0.137. The number of hydrogen-bond acceptors (Lipinski definition) is 7. The van der Waals surface area contributed by atoms with Gasteiger partial charge in [-0.15, -0.1) is 5.10 Å². The van der Waals surface area contributed by atoms with Crippen LogP contribution < -0.4 is 21.3 Å². The van der Waals surface area contributed by atoms with Crippen LogP contribution in [-0.4, -0.2) is 51.3 Å². The van der Waals surface area contributed by atoms with Crippen LogP contribution in [0.5, 0.6) is 0 Å². The number of anilines is 2. The average molecular weight is 454 g/mol. The number of halogens is 3. The summed E-state index contributed by atoms with van der Waals surface area (Å²) in [6.45, 7) is 3.84. The second-order valence-corrected chi connectivity index (χ2v) is 8.12. The Morgan fingerprint density at radius 3 is 2.94 bits per heavy atom. The van der Waals surface area contributed by atoms with Gasteiger partial charge in [-0.1, -0.05) is 11.3 Å². The van der Waals surface area contributed by atoms with Crippen molar-refractivity contribution in [3.05, 3.63) is 24.0 Å². The summed E-state index contributed by atoms with van der Waals surface area (Å²) in [5.41, 5.74) is 4.92. The third kappa shape index (κ3) is 4.50. The summed E-state index contributed by atoms with van der Waals surface area (Å²) in [6, 6.07) is 0.759. The normalized spacial score (nSPS) is 17.2. The Hall–Kier alpha value is -3.09. The van der Waals surface area contributed by atoms with Crippen LogP contribution in [-0.2, 0) is 6.18 Å². The Morgan fingerprint density at radius 1 is 1.42 bits per heavy atom. The van der Waals surface area contributed by atoms with Crippen molar-refractivity contribution in [1.82, 2.24) is 30.2 Å². The monoisotopic (exact) mass is 454 g/mol. The lowest BCUT2D eigenvalue weighted by atomic mass is 10.1. The number of hydrogen-bond donors (Lipinski definition) is 3. The number of aromatic nitrogens is 4. The molecule has 13 heteroatoms. The highest BCUT2D eigenvalue weighted by Gasteiger charge is 2.34. The summed E-state index contributed by atoms with van der Waals surface area (Å²) in [7, 11) is 0. The molecule has 0 aliphatic carbocycles. The van der Waals surface area contributed by atoms with Crippen LogP contribution in [0.2, 0.25) is 0 Å². The summed E-state index contributed by atoms with van der Waals surface area (Å²) in [5.74, 6) is -0.571. The van der Waals surface area contributed by atoms with E-state index in [1.165, 1.54) is 17.5 Å². The van der Waals surface area contributed by atoms with Gasteiger partial charge in [0, 0.05) is 37.4 Å². The number of piperidine rings is 1. The van der Waals surface area contributed by atoms with Crippen LogP contribution >= 0.6 is 11.3 Å². The first kappa shape index (κ1) is 21.2. The molecule has 1 saturated heterocycles. The van der Waals surface area contributed by atoms with Crippen molar-refractivity contribution in [2.24, 2.45) is 0 Å². The van der Waals surface area contributed by atoms with Gasteiger partial charge in [0.05, 0.1) is 17.5 Å². The predicted molar refractivity (Wildman–Crippen MR) is 111 cm³/mol. The van der Waals surface area contributed by atoms with E-state index < -0.39 is 17.6 Å². The molecule has 31 heavy (non-hydrogen) atoms. The molecule has 2 amide bonds. The molecule has 0 bridgehead atoms. The number of nitrogens with one attached hydrogen (secondary N) is 2. The SMILES string of the molecule is CCNC(=O)NC1CCCN(c2nn3cc(-c4cnc(N)c(C(F)(F)F)c4)nc3s2)C1. The number of rotatable bonds is 4. The average Bonchev–Trinajstić information content (AvgIpc) is 3.27. The first-order valence-electron chi connectivity index (χ1n) is 9.73. The quantitative estimate of drug-likeness (QED) is 0.559. The molecule has 0 aromatic carbocycles. The van der Waals surface area contributed by atoms with E-state index in [2.05, 4.69) is 30.6 Å². The number of carbonyl (C=O) groups is 1. The zero-order valence-corrected chi connectivity index (χ0v) is 17.4. The molecule has 0 saturated carbocycles. The van der Waals surface area contributed by atoms with Gasteiger partial charge in [0.1, 0.15) is 5.82 Å². The Bertz CT molecular complexity index is 1060. The number of nitrogens with two attached hydrogens (primary N) is 1. The van der Waals surface area contributed by atoms with Crippen molar-refractivity contribution in [3.63, 3.8) is 0 Å². The van der Waals surface area contributed by atoms with Gasteiger partial charge < -0.3 is 21.3 Å². The highest BCUT2D eigenvalue weighted by Crippen LogP contribution is 2.35. The third-order valence-corrected chi connectivity index (χ3v) is 5.90. The summed E-state index contributed by atoms with van der Waals surface area (Å²) in [4.78, 5) is 22.5. The fraction of sp³-hybridized carbons (Fsp3) is 0.444. The number of pyridine rings is 1. The molecule has 1 fully saturated rings. The highest BCUT2D eigenvalue weighted by molar-refractivity contribution is 7.20. The molecule has 4 rings (SSSR count). The van der Waals surface area contributed by atoms with E-state index in [-0.39, 0.29) is 17.6 Å². The second kappa shape index (κ2) is 8.21. The van der Waals surface area contributed by atoms with Crippen LogP contribution in [0.25, 0.3) is 16.2 Å². The van der Waals surface area contributed by atoms with E-state index in [0.717, 1.165) is 30.6 Å². The summed E-state index contributed by atoms with van der Waals surface area (Å²) in [5, 5.41) is 10.9. The molecule has 1 aliphatic rings. The topological polar surface area (TPSA) is 113 Å². The van der Waals surface area contributed by atoms with E-state index in [1.54, 1.807) is 10.7 Å². The molecule has 166 valence electrons. The van der Waals surface area contributed by atoms with Crippen LogP contribution in [0.4, 0.5) is 28.9 Å². The van der Waals surface area contributed by atoms with Gasteiger partial charge in [-0.3, -0.25) is 0 Å². The van der Waals surface area contributed by atoms with Crippen molar-refractivity contribution in [3.8, 4) is 11.3 Å². The predicted octanol–water partition coefficient (Wildman–Crippen LogP) is 2.74. The Balaban J connectivity index is 1.52. The zero-order chi connectivity index (χ0) is 22.2. The molecular weight excluding hydrogens is 433 g/mol. The molecule has 4 heterocycles. The number of nitrogen functional groups attached to an aromatic ring is 1. The number of amides is 2. The van der Waals surface area contributed by atoms with E-state index in [0.29, 0.717) is 23.7 Å².